The second kappa shape index (κ2) is 7.66. The van der Waals surface area contributed by atoms with Crippen molar-refractivity contribution < 1.29 is 15.0 Å². The van der Waals surface area contributed by atoms with Crippen molar-refractivity contribution in [2.45, 2.75) is 66.0 Å². The molecule has 2 atom stereocenters. The van der Waals surface area contributed by atoms with Crippen LogP contribution in [0.4, 0.5) is 0 Å². The highest BCUT2D eigenvalue weighted by Gasteiger charge is 2.42. The molecule has 0 aromatic carbocycles. The zero-order valence-corrected chi connectivity index (χ0v) is 15.4. The van der Waals surface area contributed by atoms with Gasteiger partial charge >= 0.3 is 0 Å². The van der Waals surface area contributed by atoms with Crippen LogP contribution in [0, 0.1) is 19.3 Å². The highest BCUT2D eigenvalue weighted by molar-refractivity contribution is 5.76. The molecule has 2 N–H and O–H groups in total. The molecule has 0 spiro atoms. The first-order chi connectivity index (χ1) is 11.4. The van der Waals surface area contributed by atoms with E-state index in [-0.39, 0.29) is 19.1 Å². The average Bonchev–Trinajstić information content (AvgIpc) is 2.83. The first-order valence-electron chi connectivity index (χ1n) is 8.98. The number of aryl methyl sites for hydroxylation is 1. The number of carbonyl (C=O) groups excluding carboxylic acids is 1. The zero-order valence-electron chi connectivity index (χ0n) is 15.4. The molecule has 6 heteroatoms. The van der Waals surface area contributed by atoms with Crippen molar-refractivity contribution in [2.75, 3.05) is 19.7 Å². The standard InChI is InChI=1S/C18H31N3O3/c1-5-8-18(12-22)11-20(9-7-16(18)23)17(24)10-21-14(4)15(6-2)13(3)19-21/h16,22-23H,5-12H2,1-4H3/t16-,18-/m0/s1. The van der Waals surface area contributed by atoms with Crippen molar-refractivity contribution in [1.82, 2.24) is 14.7 Å². The van der Waals surface area contributed by atoms with E-state index < -0.39 is 11.5 Å². The van der Waals surface area contributed by atoms with Gasteiger partial charge in [-0.2, -0.15) is 5.10 Å². The van der Waals surface area contributed by atoms with Crippen LogP contribution in [0.15, 0.2) is 0 Å². The van der Waals surface area contributed by atoms with Crippen molar-refractivity contribution in [3.63, 3.8) is 0 Å². The molecule has 1 saturated heterocycles. The predicted molar refractivity (Wildman–Crippen MR) is 92.7 cm³/mol. The monoisotopic (exact) mass is 337 g/mol. The van der Waals surface area contributed by atoms with E-state index in [1.165, 1.54) is 5.56 Å². The number of aliphatic hydroxyl groups is 2. The normalized spacial score (nSPS) is 24.4. The van der Waals surface area contributed by atoms with Crippen LogP contribution >= 0.6 is 0 Å². The van der Waals surface area contributed by atoms with Crippen LogP contribution in [-0.4, -0.2) is 56.6 Å². The van der Waals surface area contributed by atoms with Gasteiger partial charge in [0, 0.05) is 24.2 Å². The van der Waals surface area contributed by atoms with E-state index in [2.05, 4.69) is 12.0 Å². The van der Waals surface area contributed by atoms with Crippen molar-refractivity contribution in [3.8, 4) is 0 Å². The van der Waals surface area contributed by atoms with Gasteiger partial charge in [0.05, 0.1) is 18.4 Å². The third-order valence-corrected chi connectivity index (χ3v) is 5.47. The molecule has 0 radical (unpaired) electrons. The topological polar surface area (TPSA) is 78.6 Å². The predicted octanol–water partition coefficient (Wildman–Crippen LogP) is 1.43. The maximum atomic E-state index is 12.7. The molecule has 1 amide bonds. The molecule has 24 heavy (non-hydrogen) atoms. The third-order valence-electron chi connectivity index (χ3n) is 5.47. The highest BCUT2D eigenvalue weighted by Crippen LogP contribution is 2.34. The van der Waals surface area contributed by atoms with Crippen LogP contribution in [0.3, 0.4) is 0 Å². The smallest absolute Gasteiger partial charge is 0.244 e. The van der Waals surface area contributed by atoms with Crippen molar-refractivity contribution in [3.05, 3.63) is 17.0 Å². The molecule has 6 nitrogen and oxygen atoms in total. The fraction of sp³-hybridized carbons (Fsp3) is 0.778. The minimum atomic E-state index is -0.591. The first kappa shape index (κ1) is 18.9. The Kier molecular flexibility index (Phi) is 6.04. The summed E-state index contributed by atoms with van der Waals surface area (Å²) in [4.78, 5) is 14.5. The number of aromatic nitrogens is 2. The Morgan fingerprint density at radius 3 is 2.62 bits per heavy atom. The molecular weight excluding hydrogens is 306 g/mol. The third kappa shape index (κ3) is 3.49. The average molecular weight is 337 g/mol. The van der Waals surface area contributed by atoms with Gasteiger partial charge in [-0.25, -0.2) is 0 Å². The summed E-state index contributed by atoms with van der Waals surface area (Å²) in [6.07, 6.45) is 2.47. The summed E-state index contributed by atoms with van der Waals surface area (Å²) >= 11 is 0. The second-order valence-corrected chi connectivity index (χ2v) is 7.05. The lowest BCUT2D eigenvalue weighted by atomic mass is 9.74. The summed E-state index contributed by atoms with van der Waals surface area (Å²) in [6, 6.07) is 0. The van der Waals surface area contributed by atoms with E-state index in [9.17, 15) is 15.0 Å². The van der Waals surface area contributed by atoms with Gasteiger partial charge in [-0.3, -0.25) is 9.48 Å². The number of hydrogen-bond donors (Lipinski definition) is 2. The van der Waals surface area contributed by atoms with Crippen molar-refractivity contribution in [1.29, 1.82) is 0 Å². The number of aliphatic hydroxyl groups excluding tert-OH is 2. The van der Waals surface area contributed by atoms with Gasteiger partial charge in [0.15, 0.2) is 0 Å². The Bertz CT molecular complexity index is 584. The van der Waals surface area contributed by atoms with Gasteiger partial charge in [-0.1, -0.05) is 20.3 Å². The fourth-order valence-electron chi connectivity index (χ4n) is 3.97. The first-order valence-corrected chi connectivity index (χ1v) is 8.98. The molecular formula is C18H31N3O3. The van der Waals surface area contributed by atoms with Crippen LogP contribution in [-0.2, 0) is 17.8 Å². The number of hydrogen-bond acceptors (Lipinski definition) is 4. The minimum Gasteiger partial charge on any atom is -0.396 e. The van der Waals surface area contributed by atoms with Crippen molar-refractivity contribution in [2.24, 2.45) is 5.41 Å². The van der Waals surface area contributed by atoms with Crippen LogP contribution in [0.25, 0.3) is 0 Å². The highest BCUT2D eigenvalue weighted by atomic mass is 16.3. The summed E-state index contributed by atoms with van der Waals surface area (Å²) in [6.45, 7) is 9.18. The van der Waals surface area contributed by atoms with E-state index in [0.717, 1.165) is 24.2 Å². The van der Waals surface area contributed by atoms with Gasteiger partial charge in [0.25, 0.3) is 0 Å². The van der Waals surface area contributed by atoms with E-state index in [4.69, 9.17) is 0 Å². The second-order valence-electron chi connectivity index (χ2n) is 7.05. The maximum absolute atomic E-state index is 12.7. The molecule has 2 heterocycles. The lowest BCUT2D eigenvalue weighted by Crippen LogP contribution is -2.55. The van der Waals surface area contributed by atoms with Gasteiger partial charge in [-0.15, -0.1) is 0 Å². The van der Waals surface area contributed by atoms with Crippen molar-refractivity contribution >= 4 is 5.91 Å². The molecule has 0 aliphatic carbocycles. The lowest BCUT2D eigenvalue weighted by Gasteiger charge is -2.45. The fourth-order valence-corrected chi connectivity index (χ4v) is 3.97. The number of likely N-dealkylation sites (tertiary alicyclic amines) is 1. The molecule has 1 aromatic rings. The molecule has 1 aromatic heterocycles. The Morgan fingerprint density at radius 2 is 2.08 bits per heavy atom. The van der Waals surface area contributed by atoms with Gasteiger partial charge in [-0.05, 0) is 38.7 Å². The summed E-state index contributed by atoms with van der Waals surface area (Å²) in [5.74, 6) is 0.00378. The summed E-state index contributed by atoms with van der Waals surface area (Å²) in [5.41, 5.74) is 2.63. The molecule has 0 saturated carbocycles. The quantitative estimate of drug-likeness (QED) is 0.823. The molecule has 1 aliphatic rings. The number of piperidine rings is 1. The summed E-state index contributed by atoms with van der Waals surface area (Å²) < 4.78 is 1.78. The minimum absolute atomic E-state index is 0.00378. The molecule has 1 aliphatic heterocycles. The Labute approximate surface area is 144 Å². The zero-order chi connectivity index (χ0) is 17.9. The van der Waals surface area contributed by atoms with E-state index in [0.29, 0.717) is 25.9 Å². The Hall–Kier alpha value is -1.40. The summed E-state index contributed by atoms with van der Waals surface area (Å²) in [7, 11) is 0. The van der Waals surface area contributed by atoms with Crippen LogP contribution in [0.5, 0.6) is 0 Å². The number of amides is 1. The lowest BCUT2D eigenvalue weighted by molar-refractivity contribution is -0.143. The molecule has 0 unspecified atom stereocenters. The van der Waals surface area contributed by atoms with E-state index in [1.807, 2.05) is 20.8 Å². The SMILES string of the molecule is CCC[C@@]1(CO)CN(C(=O)Cn2nc(C)c(CC)c2C)CC[C@@H]1O. The van der Waals surface area contributed by atoms with Crippen LogP contribution in [0.1, 0.15) is 50.1 Å². The van der Waals surface area contributed by atoms with Crippen LogP contribution in [0.2, 0.25) is 0 Å². The molecule has 0 bridgehead atoms. The van der Waals surface area contributed by atoms with Gasteiger partial charge < -0.3 is 15.1 Å². The van der Waals surface area contributed by atoms with E-state index >= 15 is 0 Å². The van der Waals surface area contributed by atoms with Gasteiger partial charge in [0.1, 0.15) is 6.54 Å². The number of carbonyl (C=O) groups is 1. The van der Waals surface area contributed by atoms with E-state index in [1.54, 1.807) is 9.58 Å². The maximum Gasteiger partial charge on any atom is 0.244 e. The molecule has 136 valence electrons. The number of nitrogens with zero attached hydrogens (tertiary/aromatic N) is 3. The number of rotatable bonds is 6. The largest absolute Gasteiger partial charge is 0.396 e. The Morgan fingerprint density at radius 1 is 1.38 bits per heavy atom. The Balaban J connectivity index is 2.12. The molecule has 2 rings (SSSR count). The van der Waals surface area contributed by atoms with Crippen LogP contribution < -0.4 is 0 Å². The molecule has 1 fully saturated rings. The van der Waals surface area contributed by atoms with Gasteiger partial charge in [0.2, 0.25) is 5.91 Å². The summed E-state index contributed by atoms with van der Waals surface area (Å²) in [5, 5.41) is 24.7.